The van der Waals surface area contributed by atoms with Gasteiger partial charge in [0.1, 0.15) is 5.92 Å². The molecule has 2 aromatic carbocycles. The van der Waals surface area contributed by atoms with Crippen LogP contribution in [0.2, 0.25) is 0 Å². The SMILES string of the molecule is Cc1cc(C)cc(N2CC[C@H](C(=O)NCC3(c4ccccc4)CC3)C2=O)c1. The molecule has 0 spiro atoms. The highest BCUT2D eigenvalue weighted by atomic mass is 16.2. The van der Waals surface area contributed by atoms with Crippen molar-refractivity contribution in [2.75, 3.05) is 18.0 Å². The molecule has 1 atom stereocenters. The Morgan fingerprint density at radius 1 is 1.11 bits per heavy atom. The van der Waals surface area contributed by atoms with Gasteiger partial charge in [-0.05, 0) is 61.9 Å². The Morgan fingerprint density at radius 2 is 1.78 bits per heavy atom. The first-order valence-electron chi connectivity index (χ1n) is 9.71. The van der Waals surface area contributed by atoms with Crippen molar-refractivity contribution in [1.29, 1.82) is 0 Å². The third-order valence-electron chi connectivity index (χ3n) is 5.88. The first-order valence-corrected chi connectivity index (χ1v) is 9.71. The molecule has 1 heterocycles. The largest absolute Gasteiger partial charge is 0.355 e. The Balaban J connectivity index is 1.41. The van der Waals surface area contributed by atoms with Gasteiger partial charge in [0.05, 0.1) is 0 Å². The van der Waals surface area contributed by atoms with Crippen LogP contribution in [0.1, 0.15) is 36.0 Å². The predicted molar refractivity (Wildman–Crippen MR) is 107 cm³/mol. The van der Waals surface area contributed by atoms with E-state index in [9.17, 15) is 9.59 Å². The Hall–Kier alpha value is -2.62. The van der Waals surface area contributed by atoms with Gasteiger partial charge in [-0.15, -0.1) is 0 Å². The first kappa shape index (κ1) is 17.8. The summed E-state index contributed by atoms with van der Waals surface area (Å²) in [5.41, 5.74) is 4.50. The second kappa shape index (κ2) is 6.84. The summed E-state index contributed by atoms with van der Waals surface area (Å²) in [5.74, 6) is -0.784. The highest BCUT2D eigenvalue weighted by Crippen LogP contribution is 2.47. The maximum absolute atomic E-state index is 12.8. The lowest BCUT2D eigenvalue weighted by Crippen LogP contribution is -2.40. The van der Waals surface area contributed by atoms with Crippen molar-refractivity contribution >= 4 is 17.5 Å². The van der Waals surface area contributed by atoms with Gasteiger partial charge in [0.25, 0.3) is 0 Å². The van der Waals surface area contributed by atoms with Crippen molar-refractivity contribution in [2.45, 2.75) is 38.5 Å². The van der Waals surface area contributed by atoms with Crippen LogP contribution in [0.4, 0.5) is 5.69 Å². The molecule has 4 rings (SSSR count). The van der Waals surface area contributed by atoms with E-state index >= 15 is 0 Å². The predicted octanol–water partition coefficient (Wildman–Crippen LogP) is 3.50. The third-order valence-corrected chi connectivity index (χ3v) is 5.88. The average Bonchev–Trinajstić information content (AvgIpc) is 3.35. The fourth-order valence-corrected chi connectivity index (χ4v) is 4.18. The van der Waals surface area contributed by atoms with E-state index in [-0.39, 0.29) is 17.2 Å². The quantitative estimate of drug-likeness (QED) is 0.828. The number of carbonyl (C=O) groups excluding carboxylic acids is 2. The van der Waals surface area contributed by atoms with Crippen molar-refractivity contribution in [1.82, 2.24) is 5.32 Å². The molecule has 27 heavy (non-hydrogen) atoms. The molecular weight excluding hydrogens is 336 g/mol. The first-order chi connectivity index (χ1) is 13.0. The summed E-state index contributed by atoms with van der Waals surface area (Å²) in [6.07, 6.45) is 2.76. The standard InChI is InChI=1S/C23H26N2O2/c1-16-12-17(2)14-19(13-16)25-11-8-20(22(25)27)21(26)24-15-23(9-10-23)18-6-4-3-5-7-18/h3-7,12-14,20H,8-11,15H2,1-2H3,(H,24,26)/t20-/m1/s1. The second-order valence-electron chi connectivity index (χ2n) is 8.04. The molecule has 2 fully saturated rings. The van der Waals surface area contributed by atoms with Gasteiger partial charge in [-0.1, -0.05) is 36.4 Å². The summed E-state index contributed by atoms with van der Waals surface area (Å²) in [7, 11) is 0. The zero-order chi connectivity index (χ0) is 19.0. The van der Waals surface area contributed by atoms with Gasteiger partial charge >= 0.3 is 0 Å². The number of hydrogen-bond acceptors (Lipinski definition) is 2. The van der Waals surface area contributed by atoms with Crippen molar-refractivity contribution < 1.29 is 9.59 Å². The van der Waals surface area contributed by atoms with E-state index < -0.39 is 5.92 Å². The fourth-order valence-electron chi connectivity index (χ4n) is 4.18. The Labute approximate surface area is 160 Å². The summed E-state index contributed by atoms with van der Waals surface area (Å²) in [4.78, 5) is 27.3. The van der Waals surface area contributed by atoms with Crippen molar-refractivity contribution in [3.05, 3.63) is 65.2 Å². The van der Waals surface area contributed by atoms with Gasteiger partial charge in [-0.3, -0.25) is 9.59 Å². The number of benzene rings is 2. The monoisotopic (exact) mass is 362 g/mol. The van der Waals surface area contributed by atoms with Crippen LogP contribution in [0.25, 0.3) is 0 Å². The summed E-state index contributed by atoms with van der Waals surface area (Å²) >= 11 is 0. The molecule has 2 aromatic rings. The van der Waals surface area contributed by atoms with E-state index in [1.165, 1.54) is 5.56 Å². The van der Waals surface area contributed by atoms with Crippen LogP contribution in [0.15, 0.2) is 48.5 Å². The zero-order valence-corrected chi connectivity index (χ0v) is 16.0. The summed E-state index contributed by atoms with van der Waals surface area (Å²) < 4.78 is 0. The number of rotatable bonds is 5. The number of nitrogens with zero attached hydrogens (tertiary/aromatic N) is 1. The van der Waals surface area contributed by atoms with Gasteiger partial charge in [-0.25, -0.2) is 0 Å². The minimum atomic E-state index is -0.572. The van der Waals surface area contributed by atoms with E-state index in [1.54, 1.807) is 4.90 Å². The number of hydrogen-bond donors (Lipinski definition) is 1. The zero-order valence-electron chi connectivity index (χ0n) is 16.0. The molecule has 4 heteroatoms. The van der Waals surface area contributed by atoms with E-state index in [4.69, 9.17) is 0 Å². The number of anilines is 1. The van der Waals surface area contributed by atoms with Crippen LogP contribution in [0.3, 0.4) is 0 Å². The molecule has 0 bridgehead atoms. The molecule has 4 nitrogen and oxygen atoms in total. The molecule has 1 aliphatic carbocycles. The second-order valence-corrected chi connectivity index (χ2v) is 8.04. The maximum atomic E-state index is 12.8. The van der Waals surface area contributed by atoms with Crippen molar-refractivity contribution in [2.24, 2.45) is 5.92 Å². The Kier molecular flexibility index (Phi) is 4.50. The minimum Gasteiger partial charge on any atom is -0.355 e. The number of aryl methyl sites for hydroxylation is 2. The number of nitrogens with one attached hydrogen (secondary N) is 1. The molecule has 0 unspecified atom stereocenters. The van der Waals surface area contributed by atoms with Gasteiger partial charge in [0.15, 0.2) is 0 Å². The minimum absolute atomic E-state index is 0.0614. The van der Waals surface area contributed by atoms with Gasteiger partial charge in [0.2, 0.25) is 11.8 Å². The van der Waals surface area contributed by atoms with E-state index in [1.807, 2.05) is 44.2 Å². The van der Waals surface area contributed by atoms with Crippen LogP contribution in [0.5, 0.6) is 0 Å². The third kappa shape index (κ3) is 3.48. The lowest BCUT2D eigenvalue weighted by Gasteiger charge is -2.20. The van der Waals surface area contributed by atoms with Crippen LogP contribution in [-0.2, 0) is 15.0 Å². The van der Waals surface area contributed by atoms with Crippen molar-refractivity contribution in [3.63, 3.8) is 0 Å². The molecule has 2 aliphatic rings. The molecule has 0 aromatic heterocycles. The van der Waals surface area contributed by atoms with Crippen LogP contribution in [0, 0.1) is 19.8 Å². The highest BCUT2D eigenvalue weighted by Gasteiger charge is 2.45. The maximum Gasteiger partial charge on any atom is 0.239 e. The lowest BCUT2D eigenvalue weighted by molar-refractivity contribution is -0.132. The van der Waals surface area contributed by atoms with Crippen molar-refractivity contribution in [3.8, 4) is 0 Å². The molecular formula is C23H26N2O2. The molecule has 1 saturated heterocycles. The summed E-state index contributed by atoms with van der Waals surface area (Å²) in [6, 6.07) is 16.5. The summed E-state index contributed by atoms with van der Waals surface area (Å²) in [6.45, 7) is 5.27. The lowest BCUT2D eigenvalue weighted by atomic mass is 9.95. The number of carbonyl (C=O) groups is 2. The average molecular weight is 362 g/mol. The van der Waals surface area contributed by atoms with Gasteiger partial charge < -0.3 is 10.2 Å². The van der Waals surface area contributed by atoms with Crippen LogP contribution >= 0.6 is 0 Å². The number of amides is 2. The Bertz CT molecular complexity index is 851. The van der Waals surface area contributed by atoms with Crippen LogP contribution < -0.4 is 10.2 Å². The van der Waals surface area contributed by atoms with Gasteiger partial charge in [0, 0.05) is 24.2 Å². The molecule has 0 radical (unpaired) electrons. The van der Waals surface area contributed by atoms with Gasteiger partial charge in [-0.2, -0.15) is 0 Å². The normalized spacial score (nSPS) is 20.6. The van der Waals surface area contributed by atoms with E-state index in [0.29, 0.717) is 19.5 Å². The topological polar surface area (TPSA) is 49.4 Å². The fraction of sp³-hybridized carbons (Fsp3) is 0.391. The molecule has 1 aliphatic heterocycles. The molecule has 1 N–H and O–H groups in total. The summed E-state index contributed by atoms with van der Waals surface area (Å²) in [5, 5.41) is 3.06. The van der Waals surface area contributed by atoms with E-state index in [0.717, 1.165) is 29.7 Å². The molecule has 1 saturated carbocycles. The highest BCUT2D eigenvalue weighted by molar-refractivity contribution is 6.09. The molecule has 2 amide bonds. The molecule has 140 valence electrons. The Morgan fingerprint density at radius 3 is 2.41 bits per heavy atom. The van der Waals surface area contributed by atoms with E-state index in [2.05, 4.69) is 23.5 Å². The van der Waals surface area contributed by atoms with Crippen LogP contribution in [-0.4, -0.2) is 24.9 Å². The smallest absolute Gasteiger partial charge is 0.239 e.